The summed E-state index contributed by atoms with van der Waals surface area (Å²) in [7, 11) is 0. The number of hydrogen-bond acceptors (Lipinski definition) is 2. The van der Waals surface area contributed by atoms with E-state index < -0.39 is 0 Å². The van der Waals surface area contributed by atoms with Crippen molar-refractivity contribution in [1.29, 1.82) is 0 Å². The molecule has 0 aliphatic carbocycles. The first-order chi connectivity index (χ1) is 12.1. The van der Waals surface area contributed by atoms with Crippen molar-refractivity contribution < 1.29 is 4.79 Å². The van der Waals surface area contributed by atoms with Crippen LogP contribution < -0.4 is 10.9 Å². The molecule has 0 bridgehead atoms. The van der Waals surface area contributed by atoms with Gasteiger partial charge in [-0.3, -0.25) is 14.2 Å². The molecular weight excluding hydrogens is 427 g/mol. The summed E-state index contributed by atoms with van der Waals surface area (Å²) in [5.74, 6) is 0. The van der Waals surface area contributed by atoms with Crippen LogP contribution in [0.1, 0.15) is 5.56 Å². The van der Waals surface area contributed by atoms with E-state index >= 15 is 0 Å². The summed E-state index contributed by atoms with van der Waals surface area (Å²) in [6, 6.07) is 18.4. The van der Waals surface area contributed by atoms with Crippen molar-refractivity contribution in [1.82, 2.24) is 4.57 Å². The molecule has 1 amide bonds. The number of nitrogens with one attached hydrogen (secondary N) is 1. The standard InChI is InChI=1S/C20H15IN2O2/c1-2-14-6-3-4-9-18(14)15-10-11-19(24)23(13-15)17-8-5-7-16(12-17)22-20(21)25/h2-13H,1H2,(H,22,25). The molecule has 1 heterocycles. The van der Waals surface area contributed by atoms with Gasteiger partial charge >= 0.3 is 0 Å². The minimum absolute atomic E-state index is 0.141. The smallest absolute Gasteiger partial charge is 0.284 e. The van der Waals surface area contributed by atoms with Gasteiger partial charge in [-0.25, -0.2) is 0 Å². The van der Waals surface area contributed by atoms with E-state index in [0.29, 0.717) is 11.4 Å². The van der Waals surface area contributed by atoms with Crippen LogP contribution in [-0.4, -0.2) is 8.48 Å². The second-order valence-electron chi connectivity index (χ2n) is 5.37. The zero-order chi connectivity index (χ0) is 17.8. The third kappa shape index (κ3) is 3.88. The number of hydrogen-bond donors (Lipinski definition) is 1. The number of pyridine rings is 1. The lowest BCUT2D eigenvalue weighted by atomic mass is 10.0. The van der Waals surface area contributed by atoms with Gasteiger partial charge in [0.25, 0.3) is 9.47 Å². The summed E-state index contributed by atoms with van der Waals surface area (Å²) in [5.41, 5.74) is 4.10. The summed E-state index contributed by atoms with van der Waals surface area (Å²) in [6.07, 6.45) is 3.59. The predicted octanol–water partition coefficient (Wildman–Crippen LogP) is 5.11. The summed E-state index contributed by atoms with van der Waals surface area (Å²) < 4.78 is 1.38. The molecule has 0 fully saturated rings. The van der Waals surface area contributed by atoms with Crippen LogP contribution in [-0.2, 0) is 0 Å². The first-order valence-electron chi connectivity index (χ1n) is 7.60. The van der Waals surface area contributed by atoms with E-state index in [-0.39, 0.29) is 9.47 Å². The minimum atomic E-state index is -0.184. The van der Waals surface area contributed by atoms with Gasteiger partial charge in [-0.15, -0.1) is 0 Å². The molecule has 25 heavy (non-hydrogen) atoms. The normalized spacial score (nSPS) is 10.3. The highest BCUT2D eigenvalue weighted by Crippen LogP contribution is 2.24. The Balaban J connectivity index is 2.11. The fourth-order valence-electron chi connectivity index (χ4n) is 2.63. The Bertz CT molecular complexity index is 1010. The third-order valence-corrected chi connectivity index (χ3v) is 4.04. The largest absolute Gasteiger partial charge is 0.317 e. The second-order valence-corrected chi connectivity index (χ2v) is 6.35. The van der Waals surface area contributed by atoms with Gasteiger partial charge in [0.05, 0.1) is 5.69 Å². The van der Waals surface area contributed by atoms with Crippen molar-refractivity contribution in [2.75, 3.05) is 5.32 Å². The number of benzene rings is 2. The molecule has 0 atom stereocenters. The zero-order valence-corrected chi connectivity index (χ0v) is 15.4. The van der Waals surface area contributed by atoms with Gasteiger partial charge in [-0.1, -0.05) is 43.0 Å². The molecule has 0 radical (unpaired) electrons. The average Bonchev–Trinajstić information content (AvgIpc) is 2.62. The van der Waals surface area contributed by atoms with E-state index in [4.69, 9.17) is 0 Å². The SMILES string of the molecule is C=Cc1ccccc1-c1ccc(=O)n(-c2cccc(NC(=O)I)c2)c1. The van der Waals surface area contributed by atoms with Crippen molar-refractivity contribution in [2.45, 2.75) is 0 Å². The van der Waals surface area contributed by atoms with Crippen molar-refractivity contribution in [3.8, 4) is 16.8 Å². The lowest BCUT2D eigenvalue weighted by Gasteiger charge is -2.11. The van der Waals surface area contributed by atoms with Crippen LogP contribution in [0.25, 0.3) is 22.9 Å². The molecule has 0 saturated carbocycles. The van der Waals surface area contributed by atoms with Gasteiger partial charge in [0, 0.05) is 40.5 Å². The molecule has 0 unspecified atom stereocenters. The molecular formula is C20H15IN2O2. The number of anilines is 1. The number of aromatic nitrogens is 1. The molecule has 1 aromatic heterocycles. The van der Waals surface area contributed by atoms with E-state index in [9.17, 15) is 9.59 Å². The van der Waals surface area contributed by atoms with Gasteiger partial charge in [0.15, 0.2) is 0 Å². The van der Waals surface area contributed by atoms with Gasteiger partial charge in [-0.05, 0) is 41.0 Å². The van der Waals surface area contributed by atoms with E-state index in [1.165, 1.54) is 0 Å². The van der Waals surface area contributed by atoms with Gasteiger partial charge in [0.2, 0.25) is 0 Å². The van der Waals surface area contributed by atoms with E-state index in [1.54, 1.807) is 69.8 Å². The van der Waals surface area contributed by atoms with Crippen molar-refractivity contribution in [3.05, 3.63) is 89.4 Å². The molecule has 0 saturated heterocycles. The molecule has 3 aromatic rings. The summed E-state index contributed by atoms with van der Waals surface area (Å²) >= 11 is 1.67. The Kier molecular flexibility index (Phi) is 5.14. The number of carbonyl (C=O) groups excluding carboxylic acids is 1. The van der Waals surface area contributed by atoms with E-state index in [2.05, 4.69) is 11.9 Å². The predicted molar refractivity (Wildman–Crippen MR) is 111 cm³/mol. The Morgan fingerprint density at radius 2 is 1.88 bits per heavy atom. The molecule has 124 valence electrons. The Morgan fingerprint density at radius 3 is 2.64 bits per heavy atom. The van der Waals surface area contributed by atoms with Crippen molar-refractivity contribution in [3.63, 3.8) is 0 Å². The van der Waals surface area contributed by atoms with Crippen LogP contribution in [0.15, 0.2) is 78.2 Å². The number of carbonyl (C=O) groups is 1. The molecule has 2 aromatic carbocycles. The van der Waals surface area contributed by atoms with Crippen LogP contribution in [0.2, 0.25) is 0 Å². The first-order valence-corrected chi connectivity index (χ1v) is 8.68. The number of halogens is 1. The summed E-state index contributed by atoms with van der Waals surface area (Å²) in [5, 5.41) is 2.72. The van der Waals surface area contributed by atoms with Crippen LogP contribution >= 0.6 is 22.6 Å². The van der Waals surface area contributed by atoms with Gasteiger partial charge in [-0.2, -0.15) is 0 Å². The summed E-state index contributed by atoms with van der Waals surface area (Å²) in [6.45, 7) is 3.84. The lowest BCUT2D eigenvalue weighted by molar-refractivity contribution is 0.272. The first kappa shape index (κ1) is 17.2. The fraction of sp³-hybridized carbons (Fsp3) is 0. The molecule has 0 spiro atoms. The Hall–Kier alpha value is -2.67. The van der Waals surface area contributed by atoms with Crippen LogP contribution in [0.4, 0.5) is 10.5 Å². The fourth-order valence-corrected chi connectivity index (χ4v) is 2.94. The highest BCUT2D eigenvalue weighted by atomic mass is 127. The van der Waals surface area contributed by atoms with E-state index in [0.717, 1.165) is 16.7 Å². The zero-order valence-electron chi connectivity index (χ0n) is 13.3. The third-order valence-electron chi connectivity index (χ3n) is 3.77. The summed E-state index contributed by atoms with van der Waals surface area (Å²) in [4.78, 5) is 23.6. The molecule has 0 aliphatic rings. The molecule has 3 rings (SSSR count). The van der Waals surface area contributed by atoms with Gasteiger partial charge in [0.1, 0.15) is 0 Å². The second kappa shape index (κ2) is 7.48. The monoisotopic (exact) mass is 442 g/mol. The Labute approximate surface area is 159 Å². The highest BCUT2D eigenvalue weighted by molar-refractivity contribution is 14.1. The van der Waals surface area contributed by atoms with Crippen LogP contribution in [0, 0.1) is 0 Å². The average molecular weight is 442 g/mol. The number of nitrogens with zero attached hydrogens (tertiary/aromatic N) is 1. The maximum Gasteiger partial charge on any atom is 0.284 e. The minimum Gasteiger partial charge on any atom is -0.317 e. The number of rotatable bonds is 4. The number of amides is 1. The quantitative estimate of drug-likeness (QED) is 0.347. The van der Waals surface area contributed by atoms with E-state index in [1.807, 2.05) is 30.3 Å². The molecule has 0 aliphatic heterocycles. The van der Waals surface area contributed by atoms with Crippen LogP contribution in [0.3, 0.4) is 0 Å². The van der Waals surface area contributed by atoms with Crippen molar-refractivity contribution in [2.24, 2.45) is 0 Å². The molecule has 4 nitrogen and oxygen atoms in total. The molecule has 5 heteroatoms. The maximum atomic E-state index is 12.3. The van der Waals surface area contributed by atoms with Gasteiger partial charge < -0.3 is 5.32 Å². The van der Waals surface area contributed by atoms with Crippen molar-refractivity contribution >= 4 is 38.3 Å². The maximum absolute atomic E-state index is 12.3. The molecule has 1 N–H and O–H groups in total. The lowest BCUT2D eigenvalue weighted by Crippen LogP contribution is -2.16. The van der Waals surface area contributed by atoms with Crippen LogP contribution in [0.5, 0.6) is 0 Å². The topological polar surface area (TPSA) is 51.1 Å². The Morgan fingerprint density at radius 1 is 1.08 bits per heavy atom. The highest BCUT2D eigenvalue weighted by Gasteiger charge is 2.07.